The third-order valence-electron chi connectivity index (χ3n) is 5.30. The summed E-state index contributed by atoms with van der Waals surface area (Å²) >= 11 is 0. The number of fused-ring (bicyclic) bond motifs is 2. The lowest BCUT2D eigenvalue weighted by molar-refractivity contribution is -0.122. The van der Waals surface area contributed by atoms with Gasteiger partial charge in [0.1, 0.15) is 0 Å². The molecule has 1 unspecified atom stereocenters. The van der Waals surface area contributed by atoms with Crippen molar-refractivity contribution >= 4 is 11.6 Å². The molecule has 0 saturated heterocycles. The number of anilines is 1. The van der Waals surface area contributed by atoms with E-state index in [1.54, 1.807) is 20.4 Å². The molecule has 29 heavy (non-hydrogen) atoms. The number of methoxy groups -OCH3 is 2. The quantitative estimate of drug-likeness (QED) is 0.667. The summed E-state index contributed by atoms with van der Waals surface area (Å²) in [5, 5.41) is 8.17. The van der Waals surface area contributed by atoms with Gasteiger partial charge in [0.2, 0.25) is 5.91 Å². The molecule has 3 aromatic rings. The van der Waals surface area contributed by atoms with Crippen molar-refractivity contribution in [2.75, 3.05) is 19.1 Å². The lowest BCUT2D eigenvalue weighted by atomic mass is 9.98. The predicted molar refractivity (Wildman–Crippen MR) is 109 cm³/mol. The molecule has 1 amide bonds. The number of rotatable bonds is 5. The zero-order valence-corrected chi connectivity index (χ0v) is 16.8. The lowest BCUT2D eigenvalue weighted by Crippen LogP contribution is -2.35. The van der Waals surface area contributed by atoms with E-state index in [0.29, 0.717) is 31.0 Å². The highest BCUT2D eigenvalue weighted by atomic mass is 16.5. The summed E-state index contributed by atoms with van der Waals surface area (Å²) in [5.74, 6) is 1.21. The fraction of sp³-hybridized carbons (Fsp3) is 0.318. The Kier molecular flexibility index (Phi) is 5.20. The van der Waals surface area contributed by atoms with E-state index in [1.807, 2.05) is 59.0 Å². The van der Waals surface area contributed by atoms with Crippen LogP contribution in [0.1, 0.15) is 23.7 Å². The maximum atomic E-state index is 13.4. The van der Waals surface area contributed by atoms with Crippen LogP contribution in [-0.2, 0) is 24.3 Å². The van der Waals surface area contributed by atoms with E-state index in [0.717, 1.165) is 22.5 Å². The van der Waals surface area contributed by atoms with Gasteiger partial charge in [-0.25, -0.2) is 4.68 Å². The highest BCUT2D eigenvalue weighted by Gasteiger charge is 2.28. The Morgan fingerprint density at radius 3 is 2.69 bits per heavy atom. The van der Waals surface area contributed by atoms with Crippen molar-refractivity contribution in [1.82, 2.24) is 15.0 Å². The van der Waals surface area contributed by atoms with Crippen LogP contribution in [0.5, 0.6) is 11.5 Å². The van der Waals surface area contributed by atoms with Gasteiger partial charge in [-0.05, 0) is 35.7 Å². The van der Waals surface area contributed by atoms with E-state index >= 15 is 0 Å². The van der Waals surface area contributed by atoms with Crippen LogP contribution < -0.4 is 14.4 Å². The van der Waals surface area contributed by atoms with Gasteiger partial charge in [-0.2, -0.15) is 0 Å². The van der Waals surface area contributed by atoms with Crippen LogP contribution in [0.3, 0.4) is 0 Å². The minimum atomic E-state index is -0.205. The highest BCUT2D eigenvalue weighted by Crippen LogP contribution is 2.31. The van der Waals surface area contributed by atoms with Gasteiger partial charge in [0.25, 0.3) is 0 Å². The van der Waals surface area contributed by atoms with Crippen molar-refractivity contribution in [2.24, 2.45) is 5.92 Å². The zero-order valence-electron chi connectivity index (χ0n) is 16.8. The number of para-hydroxylation sites is 1. The van der Waals surface area contributed by atoms with Crippen molar-refractivity contribution < 1.29 is 14.3 Å². The van der Waals surface area contributed by atoms with E-state index in [1.165, 1.54) is 0 Å². The van der Waals surface area contributed by atoms with Gasteiger partial charge >= 0.3 is 0 Å². The molecule has 1 aromatic heterocycles. The van der Waals surface area contributed by atoms with E-state index in [-0.39, 0.29) is 11.8 Å². The second-order valence-electron chi connectivity index (χ2n) is 7.23. The predicted octanol–water partition coefficient (Wildman–Crippen LogP) is 3.07. The molecule has 4 rings (SSSR count). The average molecular weight is 392 g/mol. The lowest BCUT2D eigenvalue weighted by Gasteiger charge is -2.26. The molecule has 1 aliphatic heterocycles. The molecule has 0 radical (unpaired) electrons. The van der Waals surface area contributed by atoms with Gasteiger partial charge in [0.05, 0.1) is 39.2 Å². The van der Waals surface area contributed by atoms with Crippen LogP contribution >= 0.6 is 0 Å². The first kappa shape index (κ1) is 19.0. The molecule has 0 saturated carbocycles. The number of hydrogen-bond donors (Lipinski definition) is 0. The SMILES string of the molecule is COc1ccc(CC(C)C(=O)N2Cc3cnnn3Cc3ccccc32)cc1OC. The number of benzene rings is 2. The second-order valence-corrected chi connectivity index (χ2v) is 7.23. The van der Waals surface area contributed by atoms with E-state index in [9.17, 15) is 4.79 Å². The van der Waals surface area contributed by atoms with Crippen molar-refractivity contribution in [1.29, 1.82) is 0 Å². The van der Waals surface area contributed by atoms with Crippen LogP contribution in [0, 0.1) is 5.92 Å². The van der Waals surface area contributed by atoms with Gasteiger partial charge < -0.3 is 14.4 Å². The molecular formula is C22H24N4O3. The molecule has 0 N–H and O–H groups in total. The Balaban J connectivity index is 1.60. The Morgan fingerprint density at radius 2 is 1.90 bits per heavy atom. The monoisotopic (exact) mass is 392 g/mol. The molecular weight excluding hydrogens is 368 g/mol. The van der Waals surface area contributed by atoms with Crippen LogP contribution in [-0.4, -0.2) is 35.1 Å². The number of hydrogen-bond acceptors (Lipinski definition) is 5. The Hall–Kier alpha value is -3.35. The summed E-state index contributed by atoms with van der Waals surface area (Å²) in [6.45, 7) is 3.03. The maximum absolute atomic E-state index is 13.4. The normalized spacial score (nSPS) is 13.8. The van der Waals surface area contributed by atoms with Gasteiger partial charge in [-0.15, -0.1) is 5.10 Å². The minimum Gasteiger partial charge on any atom is -0.493 e. The molecule has 2 aromatic carbocycles. The van der Waals surface area contributed by atoms with Crippen molar-refractivity contribution in [3.05, 3.63) is 65.5 Å². The molecule has 7 nitrogen and oxygen atoms in total. The van der Waals surface area contributed by atoms with Gasteiger partial charge in [-0.1, -0.05) is 36.4 Å². The maximum Gasteiger partial charge on any atom is 0.230 e. The van der Waals surface area contributed by atoms with Crippen LogP contribution in [0.15, 0.2) is 48.7 Å². The minimum absolute atomic E-state index is 0.0712. The highest BCUT2D eigenvalue weighted by molar-refractivity contribution is 5.95. The van der Waals surface area contributed by atoms with Crippen molar-refractivity contribution in [3.63, 3.8) is 0 Å². The van der Waals surface area contributed by atoms with E-state index < -0.39 is 0 Å². The Morgan fingerprint density at radius 1 is 1.10 bits per heavy atom. The third kappa shape index (κ3) is 3.68. The summed E-state index contributed by atoms with van der Waals surface area (Å²) in [6, 6.07) is 13.7. The summed E-state index contributed by atoms with van der Waals surface area (Å²) in [7, 11) is 3.22. The molecule has 0 bridgehead atoms. The Bertz CT molecular complexity index is 1030. The first-order chi connectivity index (χ1) is 14.1. The summed E-state index contributed by atoms with van der Waals surface area (Å²) in [5.41, 5.74) is 3.94. The molecule has 2 heterocycles. The number of nitrogens with zero attached hydrogens (tertiary/aromatic N) is 4. The molecule has 1 atom stereocenters. The van der Waals surface area contributed by atoms with Crippen LogP contribution in [0.25, 0.3) is 0 Å². The van der Waals surface area contributed by atoms with Gasteiger partial charge in [0.15, 0.2) is 11.5 Å². The van der Waals surface area contributed by atoms with Crippen molar-refractivity contribution in [2.45, 2.75) is 26.4 Å². The second kappa shape index (κ2) is 7.95. The van der Waals surface area contributed by atoms with Gasteiger partial charge in [-0.3, -0.25) is 4.79 Å². The van der Waals surface area contributed by atoms with Crippen LogP contribution in [0.2, 0.25) is 0 Å². The summed E-state index contributed by atoms with van der Waals surface area (Å²) in [4.78, 5) is 15.3. The Labute approximate surface area is 169 Å². The summed E-state index contributed by atoms with van der Waals surface area (Å²) in [6.07, 6.45) is 2.33. The molecule has 0 aliphatic carbocycles. The number of aromatic nitrogens is 3. The van der Waals surface area contributed by atoms with Crippen LogP contribution in [0.4, 0.5) is 5.69 Å². The fourth-order valence-corrected chi connectivity index (χ4v) is 3.76. The molecule has 7 heteroatoms. The molecule has 0 fully saturated rings. The molecule has 150 valence electrons. The molecule has 0 spiro atoms. The zero-order chi connectivity index (χ0) is 20.4. The van der Waals surface area contributed by atoms with E-state index in [4.69, 9.17) is 9.47 Å². The van der Waals surface area contributed by atoms with Crippen molar-refractivity contribution in [3.8, 4) is 11.5 Å². The largest absolute Gasteiger partial charge is 0.493 e. The number of ether oxygens (including phenoxy) is 2. The average Bonchev–Trinajstić information content (AvgIpc) is 3.12. The first-order valence-electron chi connectivity index (χ1n) is 9.58. The number of amides is 1. The number of carbonyl (C=O) groups excluding carboxylic acids is 1. The third-order valence-corrected chi connectivity index (χ3v) is 5.30. The first-order valence-corrected chi connectivity index (χ1v) is 9.58. The topological polar surface area (TPSA) is 69.5 Å². The van der Waals surface area contributed by atoms with Gasteiger partial charge in [0, 0.05) is 11.6 Å². The number of carbonyl (C=O) groups is 1. The fourth-order valence-electron chi connectivity index (χ4n) is 3.76. The smallest absolute Gasteiger partial charge is 0.230 e. The molecule has 1 aliphatic rings. The standard InChI is InChI=1S/C22H24N4O3/c1-15(10-16-8-9-20(28-2)21(11-16)29-3)22(27)25-14-18-12-23-24-26(18)13-17-6-4-5-7-19(17)25/h4-9,11-12,15H,10,13-14H2,1-3H3. The summed E-state index contributed by atoms with van der Waals surface area (Å²) < 4.78 is 12.5. The van der Waals surface area contributed by atoms with E-state index in [2.05, 4.69) is 10.3 Å².